The standard InChI is InChI=1S/C12H15BrO3/c1-4-16-11(14)7-9-10(13)6-5-8(2)12(9)15-3/h5-6H,4,7H2,1-3H3. The summed E-state index contributed by atoms with van der Waals surface area (Å²) in [6, 6.07) is 3.85. The summed E-state index contributed by atoms with van der Waals surface area (Å²) in [5.41, 5.74) is 1.84. The highest BCUT2D eigenvalue weighted by atomic mass is 79.9. The molecule has 0 heterocycles. The van der Waals surface area contributed by atoms with Gasteiger partial charge in [0.1, 0.15) is 5.75 Å². The van der Waals surface area contributed by atoms with E-state index in [0.717, 1.165) is 21.3 Å². The minimum atomic E-state index is -0.243. The van der Waals surface area contributed by atoms with Crippen LogP contribution in [0, 0.1) is 6.92 Å². The van der Waals surface area contributed by atoms with Crippen LogP contribution in [-0.4, -0.2) is 19.7 Å². The van der Waals surface area contributed by atoms with Crippen molar-refractivity contribution in [2.45, 2.75) is 20.3 Å². The Labute approximate surface area is 104 Å². The van der Waals surface area contributed by atoms with Crippen LogP contribution in [0.25, 0.3) is 0 Å². The van der Waals surface area contributed by atoms with Gasteiger partial charge >= 0.3 is 5.97 Å². The van der Waals surface area contributed by atoms with Gasteiger partial charge in [0.05, 0.1) is 20.1 Å². The fourth-order valence-electron chi connectivity index (χ4n) is 1.53. The Morgan fingerprint density at radius 1 is 1.44 bits per heavy atom. The lowest BCUT2D eigenvalue weighted by atomic mass is 10.1. The molecule has 0 atom stereocenters. The average Bonchev–Trinajstić information content (AvgIpc) is 2.24. The van der Waals surface area contributed by atoms with Crippen molar-refractivity contribution in [3.8, 4) is 5.75 Å². The third-order valence-electron chi connectivity index (χ3n) is 2.23. The first kappa shape index (κ1) is 13.0. The first-order valence-electron chi connectivity index (χ1n) is 5.07. The third-order valence-corrected chi connectivity index (χ3v) is 2.97. The molecule has 1 aromatic carbocycles. The highest BCUT2D eigenvalue weighted by Gasteiger charge is 2.14. The molecule has 0 amide bonds. The Bertz CT molecular complexity index is 388. The van der Waals surface area contributed by atoms with Gasteiger partial charge in [0, 0.05) is 10.0 Å². The van der Waals surface area contributed by atoms with Crippen molar-refractivity contribution in [2.24, 2.45) is 0 Å². The second-order valence-electron chi connectivity index (χ2n) is 3.36. The number of methoxy groups -OCH3 is 1. The number of hydrogen-bond donors (Lipinski definition) is 0. The van der Waals surface area contributed by atoms with Gasteiger partial charge < -0.3 is 9.47 Å². The molecule has 0 radical (unpaired) electrons. The SMILES string of the molecule is CCOC(=O)Cc1c(Br)ccc(C)c1OC. The van der Waals surface area contributed by atoms with Crippen LogP contribution in [0.5, 0.6) is 5.75 Å². The van der Waals surface area contributed by atoms with E-state index >= 15 is 0 Å². The monoisotopic (exact) mass is 286 g/mol. The van der Waals surface area contributed by atoms with E-state index < -0.39 is 0 Å². The largest absolute Gasteiger partial charge is 0.496 e. The summed E-state index contributed by atoms with van der Waals surface area (Å²) in [6.07, 6.45) is 0.222. The van der Waals surface area contributed by atoms with E-state index in [2.05, 4.69) is 15.9 Å². The minimum Gasteiger partial charge on any atom is -0.496 e. The number of benzene rings is 1. The van der Waals surface area contributed by atoms with Gasteiger partial charge in [-0.15, -0.1) is 0 Å². The molecule has 0 saturated carbocycles. The molecule has 0 aliphatic rings. The number of esters is 1. The predicted molar refractivity (Wildman–Crippen MR) is 65.8 cm³/mol. The second-order valence-corrected chi connectivity index (χ2v) is 4.21. The van der Waals surface area contributed by atoms with Crippen molar-refractivity contribution >= 4 is 21.9 Å². The van der Waals surface area contributed by atoms with Gasteiger partial charge in [0.2, 0.25) is 0 Å². The Balaban J connectivity index is 3.01. The summed E-state index contributed by atoms with van der Waals surface area (Å²) < 4.78 is 11.1. The first-order chi connectivity index (χ1) is 7.60. The van der Waals surface area contributed by atoms with Crippen molar-refractivity contribution in [2.75, 3.05) is 13.7 Å². The summed E-state index contributed by atoms with van der Waals surface area (Å²) in [5, 5.41) is 0. The van der Waals surface area contributed by atoms with Crippen molar-refractivity contribution in [3.63, 3.8) is 0 Å². The van der Waals surface area contributed by atoms with E-state index in [1.807, 2.05) is 19.1 Å². The molecular weight excluding hydrogens is 272 g/mol. The molecule has 0 bridgehead atoms. The van der Waals surface area contributed by atoms with Crippen LogP contribution >= 0.6 is 15.9 Å². The highest BCUT2D eigenvalue weighted by molar-refractivity contribution is 9.10. The van der Waals surface area contributed by atoms with Gasteiger partial charge in [-0.2, -0.15) is 0 Å². The molecule has 0 spiro atoms. The lowest BCUT2D eigenvalue weighted by Gasteiger charge is -2.12. The summed E-state index contributed by atoms with van der Waals surface area (Å²) >= 11 is 3.41. The van der Waals surface area contributed by atoms with Gasteiger partial charge in [-0.05, 0) is 25.5 Å². The fraction of sp³-hybridized carbons (Fsp3) is 0.417. The second kappa shape index (κ2) is 5.89. The molecular formula is C12H15BrO3. The van der Waals surface area contributed by atoms with Crippen LogP contribution in [0.3, 0.4) is 0 Å². The molecule has 0 aromatic heterocycles. The Hall–Kier alpha value is -1.03. The normalized spacial score (nSPS) is 10.0. The quantitative estimate of drug-likeness (QED) is 0.799. The predicted octanol–water partition coefficient (Wildman–Crippen LogP) is 2.87. The molecule has 1 aromatic rings. The molecule has 0 saturated heterocycles. The van der Waals surface area contributed by atoms with Crippen molar-refractivity contribution in [3.05, 3.63) is 27.7 Å². The molecule has 0 N–H and O–H groups in total. The van der Waals surface area contributed by atoms with E-state index in [-0.39, 0.29) is 12.4 Å². The summed E-state index contributed by atoms with van der Waals surface area (Å²) in [4.78, 5) is 11.4. The Morgan fingerprint density at radius 2 is 2.12 bits per heavy atom. The van der Waals surface area contributed by atoms with Crippen molar-refractivity contribution < 1.29 is 14.3 Å². The summed E-state index contributed by atoms with van der Waals surface area (Å²) in [7, 11) is 1.60. The van der Waals surface area contributed by atoms with Gasteiger partial charge in [0.25, 0.3) is 0 Å². The molecule has 16 heavy (non-hydrogen) atoms. The maximum atomic E-state index is 11.4. The lowest BCUT2D eigenvalue weighted by molar-refractivity contribution is -0.142. The number of halogens is 1. The molecule has 1 rings (SSSR count). The number of rotatable bonds is 4. The van der Waals surface area contributed by atoms with E-state index in [1.165, 1.54) is 0 Å². The molecule has 3 nitrogen and oxygen atoms in total. The fourth-order valence-corrected chi connectivity index (χ4v) is 1.98. The zero-order valence-corrected chi connectivity index (χ0v) is 11.3. The highest BCUT2D eigenvalue weighted by Crippen LogP contribution is 2.30. The van der Waals surface area contributed by atoms with Crippen LogP contribution < -0.4 is 4.74 Å². The van der Waals surface area contributed by atoms with E-state index in [1.54, 1.807) is 14.0 Å². The topological polar surface area (TPSA) is 35.5 Å². The van der Waals surface area contributed by atoms with Crippen LogP contribution in [-0.2, 0) is 16.0 Å². The van der Waals surface area contributed by atoms with Crippen LogP contribution in [0.4, 0.5) is 0 Å². The number of hydrogen-bond acceptors (Lipinski definition) is 3. The molecule has 0 unspecified atom stereocenters. The van der Waals surface area contributed by atoms with Gasteiger partial charge in [-0.1, -0.05) is 22.0 Å². The molecule has 4 heteroatoms. The smallest absolute Gasteiger partial charge is 0.310 e. The lowest BCUT2D eigenvalue weighted by Crippen LogP contribution is -2.09. The molecule has 0 aliphatic carbocycles. The van der Waals surface area contributed by atoms with Crippen LogP contribution in [0.15, 0.2) is 16.6 Å². The Kier molecular flexibility index (Phi) is 4.80. The van der Waals surface area contributed by atoms with E-state index in [4.69, 9.17) is 9.47 Å². The maximum absolute atomic E-state index is 11.4. The maximum Gasteiger partial charge on any atom is 0.310 e. The number of aryl methyl sites for hydroxylation is 1. The van der Waals surface area contributed by atoms with E-state index in [9.17, 15) is 4.79 Å². The van der Waals surface area contributed by atoms with E-state index in [0.29, 0.717) is 6.61 Å². The van der Waals surface area contributed by atoms with Crippen molar-refractivity contribution in [1.29, 1.82) is 0 Å². The van der Waals surface area contributed by atoms with Crippen LogP contribution in [0.2, 0.25) is 0 Å². The number of ether oxygens (including phenoxy) is 2. The number of carbonyl (C=O) groups excluding carboxylic acids is 1. The van der Waals surface area contributed by atoms with Crippen molar-refractivity contribution in [1.82, 2.24) is 0 Å². The van der Waals surface area contributed by atoms with Gasteiger partial charge in [-0.3, -0.25) is 4.79 Å². The summed E-state index contributed by atoms with van der Waals surface area (Å²) in [5.74, 6) is 0.495. The molecule has 0 fully saturated rings. The number of carbonyl (C=O) groups is 1. The average molecular weight is 287 g/mol. The Morgan fingerprint density at radius 3 is 2.69 bits per heavy atom. The third kappa shape index (κ3) is 2.98. The van der Waals surface area contributed by atoms with Gasteiger partial charge in [0.15, 0.2) is 0 Å². The zero-order valence-electron chi connectivity index (χ0n) is 9.67. The zero-order chi connectivity index (χ0) is 12.1. The van der Waals surface area contributed by atoms with Gasteiger partial charge in [-0.25, -0.2) is 0 Å². The minimum absolute atomic E-state index is 0.222. The molecule has 88 valence electrons. The first-order valence-corrected chi connectivity index (χ1v) is 5.87. The molecule has 0 aliphatic heterocycles. The summed E-state index contributed by atoms with van der Waals surface area (Å²) in [6.45, 7) is 4.13. The van der Waals surface area contributed by atoms with Crippen LogP contribution in [0.1, 0.15) is 18.1 Å².